The molecule has 94 valence electrons. The molecular formula is C14H21ClN2. The van der Waals surface area contributed by atoms with Crippen LogP contribution in [0.3, 0.4) is 0 Å². The summed E-state index contributed by atoms with van der Waals surface area (Å²) in [5, 5.41) is 0.871. The summed E-state index contributed by atoms with van der Waals surface area (Å²) in [4.78, 5) is 2.47. The van der Waals surface area contributed by atoms with Crippen LogP contribution in [0.4, 0.5) is 0 Å². The zero-order valence-electron chi connectivity index (χ0n) is 10.4. The van der Waals surface area contributed by atoms with Crippen molar-refractivity contribution in [2.45, 2.75) is 19.9 Å². The third kappa shape index (κ3) is 3.21. The van der Waals surface area contributed by atoms with E-state index in [9.17, 15) is 0 Å². The molecular weight excluding hydrogens is 232 g/mol. The summed E-state index contributed by atoms with van der Waals surface area (Å²) >= 11 is 6.19. The summed E-state index contributed by atoms with van der Waals surface area (Å²) < 4.78 is 0. The lowest BCUT2D eigenvalue weighted by atomic mass is 9.87. The summed E-state index contributed by atoms with van der Waals surface area (Å²) in [5.41, 5.74) is 7.05. The Hall–Kier alpha value is -0.570. The zero-order chi connectivity index (χ0) is 12.3. The number of likely N-dealkylation sites (tertiary alicyclic amines) is 1. The van der Waals surface area contributed by atoms with Gasteiger partial charge in [-0.15, -0.1) is 0 Å². The highest BCUT2D eigenvalue weighted by Gasteiger charge is 2.25. The fourth-order valence-electron chi connectivity index (χ4n) is 2.54. The molecule has 2 nitrogen and oxygen atoms in total. The Morgan fingerprint density at radius 2 is 2.18 bits per heavy atom. The fraction of sp³-hybridized carbons (Fsp3) is 0.571. The molecule has 0 aliphatic carbocycles. The first-order valence-corrected chi connectivity index (χ1v) is 6.74. The molecule has 2 N–H and O–H groups in total. The van der Waals surface area contributed by atoms with E-state index in [1.54, 1.807) is 0 Å². The Labute approximate surface area is 109 Å². The highest BCUT2D eigenvalue weighted by molar-refractivity contribution is 6.31. The van der Waals surface area contributed by atoms with Crippen molar-refractivity contribution in [3.05, 3.63) is 34.9 Å². The average molecular weight is 253 g/mol. The van der Waals surface area contributed by atoms with Crippen LogP contribution in [0.25, 0.3) is 0 Å². The molecule has 0 radical (unpaired) electrons. The first kappa shape index (κ1) is 12.9. The van der Waals surface area contributed by atoms with Gasteiger partial charge in [-0.3, -0.25) is 4.90 Å². The maximum atomic E-state index is 6.19. The SMILES string of the molecule is CC1CCN(Cc2ccccc2Cl)CC1CN. The van der Waals surface area contributed by atoms with Gasteiger partial charge in [0.05, 0.1) is 0 Å². The second-order valence-electron chi connectivity index (χ2n) is 5.09. The van der Waals surface area contributed by atoms with E-state index >= 15 is 0 Å². The molecule has 0 amide bonds. The van der Waals surface area contributed by atoms with Crippen LogP contribution in [-0.4, -0.2) is 24.5 Å². The van der Waals surface area contributed by atoms with Gasteiger partial charge in [0.15, 0.2) is 0 Å². The lowest BCUT2D eigenvalue weighted by Crippen LogP contribution is -2.42. The molecule has 1 fully saturated rings. The molecule has 0 spiro atoms. The number of piperidine rings is 1. The molecule has 1 aromatic rings. The topological polar surface area (TPSA) is 29.3 Å². The minimum atomic E-state index is 0.631. The Morgan fingerprint density at radius 3 is 2.88 bits per heavy atom. The maximum Gasteiger partial charge on any atom is 0.0451 e. The number of rotatable bonds is 3. The van der Waals surface area contributed by atoms with E-state index in [1.165, 1.54) is 12.0 Å². The molecule has 17 heavy (non-hydrogen) atoms. The molecule has 0 aromatic heterocycles. The van der Waals surface area contributed by atoms with Crippen molar-refractivity contribution in [2.75, 3.05) is 19.6 Å². The maximum absolute atomic E-state index is 6.19. The quantitative estimate of drug-likeness (QED) is 0.897. The second-order valence-corrected chi connectivity index (χ2v) is 5.50. The van der Waals surface area contributed by atoms with E-state index in [0.717, 1.165) is 37.1 Å². The Kier molecular flexibility index (Phi) is 4.43. The molecule has 1 aromatic carbocycles. The van der Waals surface area contributed by atoms with E-state index in [2.05, 4.69) is 17.9 Å². The monoisotopic (exact) mass is 252 g/mol. The number of nitrogens with zero attached hydrogens (tertiary/aromatic N) is 1. The number of benzene rings is 1. The van der Waals surface area contributed by atoms with Crippen molar-refractivity contribution >= 4 is 11.6 Å². The third-order valence-electron chi connectivity index (χ3n) is 3.85. The number of hydrogen-bond donors (Lipinski definition) is 1. The minimum Gasteiger partial charge on any atom is -0.330 e. The lowest BCUT2D eigenvalue weighted by molar-refractivity contribution is 0.126. The van der Waals surface area contributed by atoms with Crippen molar-refractivity contribution in [1.82, 2.24) is 4.90 Å². The number of halogens is 1. The van der Waals surface area contributed by atoms with Crippen molar-refractivity contribution < 1.29 is 0 Å². The van der Waals surface area contributed by atoms with Crippen LogP contribution in [-0.2, 0) is 6.54 Å². The van der Waals surface area contributed by atoms with Gasteiger partial charge in [-0.1, -0.05) is 36.7 Å². The van der Waals surface area contributed by atoms with E-state index in [-0.39, 0.29) is 0 Å². The van der Waals surface area contributed by atoms with E-state index in [4.69, 9.17) is 17.3 Å². The van der Waals surface area contributed by atoms with Crippen LogP contribution in [0.1, 0.15) is 18.9 Å². The molecule has 0 bridgehead atoms. The lowest BCUT2D eigenvalue weighted by Gasteiger charge is -2.36. The van der Waals surface area contributed by atoms with Gasteiger partial charge in [0, 0.05) is 18.1 Å². The summed E-state index contributed by atoms with van der Waals surface area (Å²) in [6, 6.07) is 8.10. The predicted molar refractivity (Wildman–Crippen MR) is 73.1 cm³/mol. The van der Waals surface area contributed by atoms with Crippen LogP contribution in [0.5, 0.6) is 0 Å². The van der Waals surface area contributed by atoms with Gasteiger partial charge in [-0.05, 0) is 43.0 Å². The van der Waals surface area contributed by atoms with Gasteiger partial charge in [0.1, 0.15) is 0 Å². The van der Waals surface area contributed by atoms with Crippen LogP contribution >= 0.6 is 11.6 Å². The van der Waals surface area contributed by atoms with E-state index < -0.39 is 0 Å². The summed E-state index contributed by atoms with van der Waals surface area (Å²) in [6.07, 6.45) is 1.24. The molecule has 3 heteroatoms. The first-order chi connectivity index (χ1) is 8.20. The highest BCUT2D eigenvalue weighted by Crippen LogP contribution is 2.25. The van der Waals surface area contributed by atoms with Gasteiger partial charge < -0.3 is 5.73 Å². The number of nitrogens with two attached hydrogens (primary N) is 1. The third-order valence-corrected chi connectivity index (χ3v) is 4.22. The molecule has 1 heterocycles. The standard InChI is InChI=1S/C14H21ClN2/c1-11-6-7-17(10-13(11)8-16)9-12-4-2-3-5-14(12)15/h2-5,11,13H,6-10,16H2,1H3. The minimum absolute atomic E-state index is 0.631. The highest BCUT2D eigenvalue weighted by atomic mass is 35.5. The van der Waals surface area contributed by atoms with Gasteiger partial charge >= 0.3 is 0 Å². The molecule has 2 unspecified atom stereocenters. The normalized spacial score (nSPS) is 26.1. The molecule has 0 saturated carbocycles. The Morgan fingerprint density at radius 1 is 1.41 bits per heavy atom. The summed E-state index contributed by atoms with van der Waals surface area (Å²) in [7, 11) is 0. The smallest absolute Gasteiger partial charge is 0.0451 e. The van der Waals surface area contributed by atoms with Gasteiger partial charge in [-0.2, -0.15) is 0 Å². The Bertz CT molecular complexity index is 367. The zero-order valence-corrected chi connectivity index (χ0v) is 11.2. The van der Waals surface area contributed by atoms with Crippen molar-refractivity contribution in [3.8, 4) is 0 Å². The Balaban J connectivity index is 1.98. The molecule has 1 saturated heterocycles. The average Bonchev–Trinajstić information content (AvgIpc) is 2.34. The first-order valence-electron chi connectivity index (χ1n) is 6.36. The van der Waals surface area contributed by atoms with Crippen LogP contribution in [0.2, 0.25) is 5.02 Å². The second kappa shape index (κ2) is 5.85. The molecule has 2 atom stereocenters. The van der Waals surface area contributed by atoms with Crippen molar-refractivity contribution in [1.29, 1.82) is 0 Å². The fourth-order valence-corrected chi connectivity index (χ4v) is 2.74. The van der Waals surface area contributed by atoms with Crippen LogP contribution in [0, 0.1) is 11.8 Å². The molecule has 1 aliphatic rings. The molecule has 1 aliphatic heterocycles. The molecule has 2 rings (SSSR count). The van der Waals surface area contributed by atoms with Gasteiger partial charge in [0.2, 0.25) is 0 Å². The summed E-state index contributed by atoms with van der Waals surface area (Å²) in [6.45, 7) is 6.30. The summed E-state index contributed by atoms with van der Waals surface area (Å²) in [5.74, 6) is 1.38. The number of hydrogen-bond acceptors (Lipinski definition) is 2. The van der Waals surface area contributed by atoms with Crippen LogP contribution < -0.4 is 5.73 Å². The largest absolute Gasteiger partial charge is 0.330 e. The predicted octanol–water partition coefficient (Wildman–Crippen LogP) is 2.76. The van der Waals surface area contributed by atoms with Crippen LogP contribution in [0.15, 0.2) is 24.3 Å². The van der Waals surface area contributed by atoms with Crippen molar-refractivity contribution in [2.24, 2.45) is 17.6 Å². The van der Waals surface area contributed by atoms with Gasteiger partial charge in [-0.25, -0.2) is 0 Å². The van der Waals surface area contributed by atoms with Gasteiger partial charge in [0.25, 0.3) is 0 Å². The van der Waals surface area contributed by atoms with E-state index in [1.807, 2.05) is 18.2 Å². The van der Waals surface area contributed by atoms with Crippen molar-refractivity contribution in [3.63, 3.8) is 0 Å². The van der Waals surface area contributed by atoms with E-state index in [0.29, 0.717) is 5.92 Å².